The molecule has 0 unspecified atom stereocenters. The van der Waals surface area contributed by atoms with Crippen LogP contribution in [-0.2, 0) is 19.2 Å². The van der Waals surface area contributed by atoms with Crippen LogP contribution in [-0.4, -0.2) is 27.1 Å². The van der Waals surface area contributed by atoms with E-state index in [1.54, 1.807) is 24.3 Å². The zero-order valence-electron chi connectivity index (χ0n) is 11.8. The third-order valence-electron chi connectivity index (χ3n) is 3.87. The first-order valence-corrected chi connectivity index (χ1v) is 8.27. The van der Waals surface area contributed by atoms with Gasteiger partial charge in [0, 0.05) is 0 Å². The summed E-state index contributed by atoms with van der Waals surface area (Å²) in [6, 6.07) is 8.78. The Morgan fingerprint density at radius 1 is 1.29 bits per heavy atom. The molecule has 7 heteroatoms. The summed E-state index contributed by atoms with van der Waals surface area (Å²) < 4.78 is 31.7. The predicted octanol–water partition coefficient (Wildman–Crippen LogP) is 1.48. The highest BCUT2D eigenvalue weighted by molar-refractivity contribution is 7.84. The van der Waals surface area contributed by atoms with Crippen molar-refractivity contribution < 1.29 is 22.1 Å². The second-order valence-corrected chi connectivity index (χ2v) is 6.50. The monoisotopic (exact) mass is 313 g/mol. The number of nitrogens with two attached hydrogens (primary N) is 1. The Kier molecular flexibility index (Phi) is 4.97. The zero-order valence-corrected chi connectivity index (χ0v) is 12.6. The van der Waals surface area contributed by atoms with Crippen molar-refractivity contribution in [3.8, 4) is 0 Å². The van der Waals surface area contributed by atoms with E-state index in [0.29, 0.717) is 12.0 Å². The second kappa shape index (κ2) is 6.55. The highest BCUT2D eigenvalue weighted by Crippen LogP contribution is 2.34. The molecule has 0 amide bonds. The van der Waals surface area contributed by atoms with Gasteiger partial charge in [-0.1, -0.05) is 25.1 Å². The van der Waals surface area contributed by atoms with Gasteiger partial charge in [0.15, 0.2) is 0 Å². The van der Waals surface area contributed by atoms with E-state index in [4.69, 9.17) is 9.88 Å². The Balaban J connectivity index is 1.90. The summed E-state index contributed by atoms with van der Waals surface area (Å²) in [7, 11) is -3.93. The van der Waals surface area contributed by atoms with Crippen molar-refractivity contribution in [1.82, 2.24) is 0 Å². The van der Waals surface area contributed by atoms with Crippen molar-refractivity contribution in [2.75, 3.05) is 6.61 Å². The molecule has 2 rings (SSSR count). The number of hydrogen-bond acceptors (Lipinski definition) is 5. The Hall–Kier alpha value is -1.44. The lowest BCUT2D eigenvalue weighted by Crippen LogP contribution is -2.26. The summed E-state index contributed by atoms with van der Waals surface area (Å²) in [5, 5.41) is 4.82. The Morgan fingerprint density at radius 3 is 2.57 bits per heavy atom. The van der Waals surface area contributed by atoms with E-state index in [-0.39, 0.29) is 30.5 Å². The van der Waals surface area contributed by atoms with Crippen LogP contribution in [0.3, 0.4) is 0 Å². The van der Waals surface area contributed by atoms with Gasteiger partial charge in [-0.05, 0) is 36.8 Å². The van der Waals surface area contributed by atoms with E-state index in [0.717, 1.165) is 6.42 Å². The minimum atomic E-state index is -3.93. The van der Waals surface area contributed by atoms with E-state index in [9.17, 15) is 13.2 Å². The highest BCUT2D eigenvalue weighted by atomic mass is 32.2. The smallest absolute Gasteiger partial charge is 0.338 e. The minimum Gasteiger partial charge on any atom is -0.458 e. The first-order chi connectivity index (χ1) is 9.87. The fraction of sp³-hybridized carbons (Fsp3) is 0.500. The van der Waals surface area contributed by atoms with E-state index < -0.39 is 10.3 Å². The quantitative estimate of drug-likeness (QED) is 0.831. The molecule has 0 radical (unpaired) electrons. The number of rotatable bonds is 5. The molecule has 0 heterocycles. The lowest BCUT2D eigenvalue weighted by molar-refractivity contribution is 0.0183. The van der Waals surface area contributed by atoms with Crippen molar-refractivity contribution in [3.05, 3.63) is 35.9 Å². The summed E-state index contributed by atoms with van der Waals surface area (Å²) in [6.45, 7) is 1.95. The van der Waals surface area contributed by atoms with Crippen molar-refractivity contribution in [3.63, 3.8) is 0 Å². The van der Waals surface area contributed by atoms with Crippen molar-refractivity contribution in [2.45, 2.75) is 25.9 Å². The lowest BCUT2D eigenvalue weighted by Gasteiger charge is -2.20. The average Bonchev–Trinajstić information content (AvgIpc) is 2.78. The van der Waals surface area contributed by atoms with Crippen LogP contribution in [0.1, 0.15) is 30.1 Å². The Bertz CT molecular complexity index is 587. The van der Waals surface area contributed by atoms with Crippen LogP contribution in [0.25, 0.3) is 0 Å². The van der Waals surface area contributed by atoms with E-state index in [1.807, 2.05) is 13.0 Å². The molecule has 0 spiro atoms. The van der Waals surface area contributed by atoms with Crippen LogP contribution in [0, 0.1) is 11.8 Å². The van der Waals surface area contributed by atoms with Gasteiger partial charge >= 0.3 is 16.3 Å². The van der Waals surface area contributed by atoms with Crippen LogP contribution in [0.2, 0.25) is 0 Å². The van der Waals surface area contributed by atoms with Gasteiger partial charge in [0.2, 0.25) is 0 Å². The molecule has 116 valence electrons. The molecule has 1 aromatic rings. The van der Waals surface area contributed by atoms with Gasteiger partial charge in [-0.2, -0.15) is 8.42 Å². The molecule has 1 aromatic carbocycles. The van der Waals surface area contributed by atoms with Crippen LogP contribution in [0.15, 0.2) is 30.3 Å². The molecule has 1 aliphatic rings. The molecular formula is C14H19NO5S. The summed E-state index contributed by atoms with van der Waals surface area (Å²) >= 11 is 0. The lowest BCUT2D eigenvalue weighted by atomic mass is 9.98. The standard InChI is InChI=1S/C14H19NO5S/c1-10-12(9-19-21(15,17)18)7-8-13(10)20-14(16)11-5-3-2-4-6-11/h2-6,10,12-13H,7-9H2,1H3,(H2,15,17,18)/t10-,12-,13+/m1/s1. The van der Waals surface area contributed by atoms with Gasteiger partial charge in [-0.25, -0.2) is 9.93 Å². The Labute approximate surface area is 124 Å². The van der Waals surface area contributed by atoms with Crippen molar-refractivity contribution in [1.29, 1.82) is 0 Å². The Morgan fingerprint density at radius 2 is 1.95 bits per heavy atom. The molecule has 0 saturated heterocycles. The van der Waals surface area contributed by atoms with Crippen molar-refractivity contribution >= 4 is 16.3 Å². The fourth-order valence-corrected chi connectivity index (χ4v) is 2.94. The molecule has 3 atom stereocenters. The van der Waals surface area contributed by atoms with Gasteiger partial charge in [-0.15, -0.1) is 0 Å². The van der Waals surface area contributed by atoms with E-state index >= 15 is 0 Å². The fourth-order valence-electron chi connectivity index (χ4n) is 2.57. The van der Waals surface area contributed by atoms with Crippen LogP contribution in [0.5, 0.6) is 0 Å². The maximum absolute atomic E-state index is 12.0. The van der Waals surface area contributed by atoms with Crippen LogP contribution in [0.4, 0.5) is 0 Å². The minimum absolute atomic E-state index is 0.0110. The first kappa shape index (κ1) is 15.9. The SMILES string of the molecule is C[C@@H]1[C@@H](COS(N)(=O)=O)CC[C@@H]1OC(=O)c1ccccc1. The van der Waals surface area contributed by atoms with E-state index in [2.05, 4.69) is 4.18 Å². The number of ether oxygens (including phenoxy) is 1. The zero-order chi connectivity index (χ0) is 15.5. The summed E-state index contributed by atoms with van der Waals surface area (Å²) in [4.78, 5) is 12.0. The largest absolute Gasteiger partial charge is 0.458 e. The molecular weight excluding hydrogens is 294 g/mol. The van der Waals surface area contributed by atoms with Crippen LogP contribution >= 0.6 is 0 Å². The second-order valence-electron chi connectivity index (χ2n) is 5.28. The number of hydrogen-bond donors (Lipinski definition) is 1. The summed E-state index contributed by atoms with van der Waals surface area (Å²) in [6.07, 6.45) is 1.20. The molecule has 1 aliphatic carbocycles. The molecule has 0 aromatic heterocycles. The molecule has 1 saturated carbocycles. The molecule has 1 fully saturated rings. The maximum atomic E-state index is 12.0. The predicted molar refractivity (Wildman–Crippen MR) is 76.6 cm³/mol. The summed E-state index contributed by atoms with van der Waals surface area (Å²) in [5.41, 5.74) is 0.508. The average molecular weight is 313 g/mol. The van der Waals surface area contributed by atoms with E-state index in [1.165, 1.54) is 0 Å². The topological polar surface area (TPSA) is 95.7 Å². The maximum Gasteiger partial charge on any atom is 0.338 e. The molecule has 21 heavy (non-hydrogen) atoms. The number of carbonyl (C=O) groups excluding carboxylic acids is 1. The van der Waals surface area contributed by atoms with Gasteiger partial charge in [0.05, 0.1) is 12.2 Å². The molecule has 0 aliphatic heterocycles. The number of benzene rings is 1. The number of esters is 1. The molecule has 6 nitrogen and oxygen atoms in total. The molecule has 0 bridgehead atoms. The first-order valence-electron chi connectivity index (χ1n) is 6.80. The third-order valence-corrected chi connectivity index (χ3v) is 4.33. The van der Waals surface area contributed by atoms with Crippen molar-refractivity contribution in [2.24, 2.45) is 17.0 Å². The number of carbonyl (C=O) groups is 1. The van der Waals surface area contributed by atoms with Crippen LogP contribution < -0.4 is 5.14 Å². The van der Waals surface area contributed by atoms with Gasteiger partial charge < -0.3 is 4.74 Å². The highest BCUT2D eigenvalue weighted by Gasteiger charge is 2.36. The third kappa shape index (κ3) is 4.52. The normalized spacial score (nSPS) is 25.7. The summed E-state index contributed by atoms with van der Waals surface area (Å²) in [5.74, 6) is -0.322. The van der Waals surface area contributed by atoms with Gasteiger partial charge in [0.25, 0.3) is 0 Å². The molecule has 2 N–H and O–H groups in total. The van der Waals surface area contributed by atoms with Gasteiger partial charge in [-0.3, -0.25) is 4.18 Å². The van der Waals surface area contributed by atoms with Gasteiger partial charge in [0.1, 0.15) is 6.10 Å².